The number of likely N-dealkylation sites (N-methyl/N-ethyl adjacent to an activating group) is 1. The molecule has 0 bridgehead atoms. The zero-order valence-electron chi connectivity index (χ0n) is 36.0. The topological polar surface area (TPSA) is 252 Å². The van der Waals surface area contributed by atoms with E-state index in [1.807, 2.05) is 30.3 Å². The van der Waals surface area contributed by atoms with Gasteiger partial charge in [-0.2, -0.15) is 0 Å². The van der Waals surface area contributed by atoms with E-state index in [0.717, 1.165) is 26.3 Å². The Labute approximate surface area is 369 Å². The third-order valence-corrected chi connectivity index (χ3v) is 10.5. The Morgan fingerprint density at radius 1 is 0.672 bits per heavy atom. The van der Waals surface area contributed by atoms with Gasteiger partial charge < -0.3 is 53.4 Å². The number of azide groups is 1. The number of hydrogen-bond acceptors (Lipinski definition) is 15. The lowest BCUT2D eigenvalue weighted by atomic mass is 9.80. The van der Waals surface area contributed by atoms with Gasteiger partial charge in [0, 0.05) is 32.7 Å². The maximum absolute atomic E-state index is 13.7. The largest absolute Gasteiger partial charge is 0.458 e. The first kappa shape index (κ1) is 48.1. The number of carbonyl (C=O) groups is 6. The standard InChI is InChI=1S/C44H52N6O14/c1-26(50(5)44(56)59-25-32-19-13-8-14-20-32)34-22-21-33(48-49-45)41(63-34)64-39-36(47-43(55)58-24-31-17-11-7-12-18-31)37(60-27(2)51)35(38(61-28(3)52)40(39)62-29(4)53)46-42(54)57-23-30-15-9-6-10-16-30/h6-20,26,33-41H,21-25H2,1-5H3,(H,46,54)(H,47,55)/t26-,33+,34-,35+,36-,37+,38-,39+,40+,41?/m0/s1. The van der Waals surface area contributed by atoms with Crippen molar-refractivity contribution in [3.8, 4) is 0 Å². The number of benzene rings is 3. The molecule has 64 heavy (non-hydrogen) atoms. The highest BCUT2D eigenvalue weighted by atomic mass is 16.7. The fourth-order valence-corrected chi connectivity index (χ4v) is 7.33. The summed E-state index contributed by atoms with van der Waals surface area (Å²) >= 11 is 0. The number of hydrogen-bond donors (Lipinski definition) is 2. The zero-order valence-corrected chi connectivity index (χ0v) is 36.0. The Morgan fingerprint density at radius 2 is 1.11 bits per heavy atom. The molecule has 0 radical (unpaired) electrons. The minimum absolute atomic E-state index is 0.0158. The number of ether oxygens (including phenoxy) is 8. The van der Waals surface area contributed by atoms with Crippen LogP contribution in [0, 0.1) is 0 Å². The Balaban J connectivity index is 1.51. The second-order valence-corrected chi connectivity index (χ2v) is 15.1. The third kappa shape index (κ3) is 13.8. The maximum atomic E-state index is 13.7. The van der Waals surface area contributed by atoms with Gasteiger partial charge in [-0.1, -0.05) is 96.1 Å². The molecule has 0 spiro atoms. The van der Waals surface area contributed by atoms with Gasteiger partial charge in [-0.05, 0) is 42.0 Å². The fraction of sp³-hybridized carbons (Fsp3) is 0.455. The lowest BCUT2D eigenvalue weighted by Crippen LogP contribution is -2.75. The van der Waals surface area contributed by atoms with Gasteiger partial charge in [0.05, 0.1) is 18.2 Å². The van der Waals surface area contributed by atoms with Crippen LogP contribution in [0.3, 0.4) is 0 Å². The number of esters is 3. The number of nitrogens with one attached hydrogen (secondary N) is 2. The summed E-state index contributed by atoms with van der Waals surface area (Å²) < 4.78 is 46.9. The molecule has 2 aliphatic rings. The smallest absolute Gasteiger partial charge is 0.410 e. The van der Waals surface area contributed by atoms with E-state index in [2.05, 4.69) is 20.7 Å². The van der Waals surface area contributed by atoms with Crippen molar-refractivity contribution < 1.29 is 66.7 Å². The average Bonchev–Trinajstić information content (AvgIpc) is 3.28. The monoisotopic (exact) mass is 888 g/mol. The van der Waals surface area contributed by atoms with E-state index >= 15 is 0 Å². The van der Waals surface area contributed by atoms with Crippen LogP contribution in [0.15, 0.2) is 96.1 Å². The molecule has 20 nitrogen and oxygen atoms in total. The predicted octanol–water partition coefficient (Wildman–Crippen LogP) is 5.61. The summed E-state index contributed by atoms with van der Waals surface area (Å²) in [6.07, 6.45) is -11.3. The molecule has 1 aliphatic carbocycles. The van der Waals surface area contributed by atoms with Crippen molar-refractivity contribution in [3.05, 3.63) is 118 Å². The first-order chi connectivity index (χ1) is 30.7. The highest BCUT2D eigenvalue weighted by Gasteiger charge is 2.59. The summed E-state index contributed by atoms with van der Waals surface area (Å²) in [6, 6.07) is 21.6. The van der Waals surface area contributed by atoms with Crippen LogP contribution in [0.4, 0.5) is 14.4 Å². The number of alkyl carbamates (subject to hydrolysis) is 2. The van der Waals surface area contributed by atoms with Crippen LogP contribution >= 0.6 is 0 Å². The summed E-state index contributed by atoms with van der Waals surface area (Å²) in [5.41, 5.74) is 11.6. The van der Waals surface area contributed by atoms with Crippen molar-refractivity contribution in [3.63, 3.8) is 0 Å². The van der Waals surface area contributed by atoms with Gasteiger partial charge in [0.25, 0.3) is 0 Å². The van der Waals surface area contributed by atoms with Crippen molar-refractivity contribution in [2.24, 2.45) is 5.11 Å². The van der Waals surface area contributed by atoms with Crippen LogP contribution in [0.25, 0.3) is 10.4 Å². The van der Waals surface area contributed by atoms with E-state index in [0.29, 0.717) is 11.1 Å². The normalized spacial score (nSPS) is 24.2. The molecule has 1 unspecified atom stereocenters. The maximum Gasteiger partial charge on any atom is 0.410 e. The number of amides is 3. The molecule has 2 N–H and O–H groups in total. The molecule has 0 aromatic heterocycles. The van der Waals surface area contributed by atoms with E-state index in [9.17, 15) is 34.3 Å². The second-order valence-electron chi connectivity index (χ2n) is 15.1. The Hall–Kier alpha value is -6.89. The van der Waals surface area contributed by atoms with Crippen molar-refractivity contribution in [1.29, 1.82) is 0 Å². The Kier molecular flexibility index (Phi) is 17.7. The van der Waals surface area contributed by atoms with Crippen LogP contribution in [-0.4, -0.2) is 109 Å². The van der Waals surface area contributed by atoms with Gasteiger partial charge in [0.1, 0.15) is 44.1 Å². The summed E-state index contributed by atoms with van der Waals surface area (Å²) in [4.78, 5) is 83.5. The van der Waals surface area contributed by atoms with Crippen LogP contribution in [0.1, 0.15) is 57.2 Å². The molecule has 1 aliphatic heterocycles. The van der Waals surface area contributed by atoms with E-state index in [1.165, 1.54) is 11.9 Å². The van der Waals surface area contributed by atoms with E-state index in [1.54, 1.807) is 67.6 Å². The van der Waals surface area contributed by atoms with Crippen LogP contribution in [-0.2, 0) is 72.1 Å². The molecule has 3 amide bonds. The highest BCUT2D eigenvalue weighted by molar-refractivity contribution is 5.72. The van der Waals surface area contributed by atoms with Crippen LogP contribution in [0.5, 0.6) is 0 Å². The lowest BCUT2D eigenvalue weighted by Gasteiger charge is -2.50. The van der Waals surface area contributed by atoms with Crippen molar-refractivity contribution >= 4 is 36.2 Å². The SMILES string of the molecule is CC(=O)O[C@@H]1[C@@H](NC(=O)OCc2ccccc2)[C@H](OC(C)=O)[C@@H](OC(C)=O)[C@H](OC2O[C@H]([C@H](C)N(C)C(=O)OCc3ccccc3)CC[C@H]2N=[N+]=[N-])[C@H]1NC(=O)OCc1ccccc1. The first-order valence-electron chi connectivity index (χ1n) is 20.5. The molecule has 2 fully saturated rings. The van der Waals surface area contributed by atoms with Crippen LogP contribution in [0.2, 0.25) is 0 Å². The van der Waals surface area contributed by atoms with E-state index < -0.39 is 97.2 Å². The molecular weight excluding hydrogens is 837 g/mol. The Morgan fingerprint density at radius 3 is 1.58 bits per heavy atom. The number of carbonyl (C=O) groups excluding carboxylic acids is 6. The lowest BCUT2D eigenvalue weighted by molar-refractivity contribution is -0.274. The average molecular weight is 889 g/mol. The first-order valence-corrected chi connectivity index (χ1v) is 20.5. The van der Waals surface area contributed by atoms with Gasteiger partial charge in [0.15, 0.2) is 18.5 Å². The van der Waals surface area contributed by atoms with Crippen molar-refractivity contribution in [2.45, 2.75) is 121 Å². The van der Waals surface area contributed by atoms with Crippen LogP contribution < -0.4 is 10.6 Å². The molecule has 20 heteroatoms. The molecular formula is C44H52N6O14. The highest BCUT2D eigenvalue weighted by Crippen LogP contribution is 2.35. The van der Waals surface area contributed by atoms with Gasteiger partial charge in [-0.3, -0.25) is 14.4 Å². The second kappa shape index (κ2) is 23.5. The predicted molar refractivity (Wildman–Crippen MR) is 223 cm³/mol. The molecule has 1 heterocycles. The third-order valence-electron chi connectivity index (χ3n) is 10.5. The number of rotatable bonds is 16. The molecule has 5 rings (SSSR count). The molecule has 342 valence electrons. The molecule has 1 saturated carbocycles. The van der Waals surface area contributed by atoms with Gasteiger partial charge in [-0.25, -0.2) is 14.4 Å². The molecule has 1 saturated heterocycles. The fourth-order valence-electron chi connectivity index (χ4n) is 7.33. The van der Waals surface area contributed by atoms with E-state index in [-0.39, 0.29) is 32.7 Å². The summed E-state index contributed by atoms with van der Waals surface area (Å²) in [6.45, 7) is 4.54. The minimum atomic E-state index is -1.70. The number of nitrogens with zero attached hydrogens (tertiary/aromatic N) is 4. The minimum Gasteiger partial charge on any atom is -0.458 e. The summed E-state index contributed by atoms with van der Waals surface area (Å²) in [7, 11) is 1.53. The quantitative estimate of drug-likeness (QED) is 0.0583. The summed E-state index contributed by atoms with van der Waals surface area (Å²) in [5, 5.41) is 9.13. The van der Waals surface area contributed by atoms with Crippen molar-refractivity contribution in [2.75, 3.05) is 7.05 Å². The van der Waals surface area contributed by atoms with Gasteiger partial charge in [0.2, 0.25) is 0 Å². The molecule has 10 atom stereocenters. The van der Waals surface area contributed by atoms with Gasteiger partial charge >= 0.3 is 36.2 Å². The Bertz CT molecular complexity index is 2090. The molecule has 3 aromatic rings. The van der Waals surface area contributed by atoms with Gasteiger partial charge in [-0.15, -0.1) is 0 Å². The summed E-state index contributed by atoms with van der Waals surface area (Å²) in [5.74, 6) is -2.71. The zero-order chi connectivity index (χ0) is 46.2. The van der Waals surface area contributed by atoms with E-state index in [4.69, 9.17) is 37.9 Å². The molecule has 3 aromatic carbocycles. The van der Waals surface area contributed by atoms with Crippen molar-refractivity contribution in [1.82, 2.24) is 15.5 Å².